The Labute approximate surface area is 268 Å². The molecule has 10 nitrogen and oxygen atoms in total. The number of carbonyl (C=O) groups is 1. The molecule has 0 aliphatic heterocycles. The number of alkyl halides is 3. The molecule has 242 valence electrons. The molecule has 5 aromatic rings. The zero-order valence-corrected chi connectivity index (χ0v) is 26.0. The van der Waals surface area contributed by atoms with Crippen molar-refractivity contribution in [3.8, 4) is 28.8 Å². The van der Waals surface area contributed by atoms with E-state index in [-0.39, 0.29) is 22.9 Å². The first-order valence-corrected chi connectivity index (χ1v) is 15.4. The molecule has 1 amide bonds. The minimum Gasteiger partial charge on any atom is -0.352 e. The van der Waals surface area contributed by atoms with Crippen molar-refractivity contribution in [3.63, 3.8) is 0 Å². The van der Waals surface area contributed by atoms with Gasteiger partial charge in [-0.05, 0) is 86.1 Å². The lowest BCUT2D eigenvalue weighted by Gasteiger charge is -2.27. The highest BCUT2D eigenvalue weighted by Crippen LogP contribution is 2.32. The number of nitrogens with one attached hydrogen (secondary N) is 1. The van der Waals surface area contributed by atoms with Gasteiger partial charge < -0.3 is 5.32 Å². The van der Waals surface area contributed by atoms with E-state index < -0.39 is 23.2 Å². The SMILES string of the molecule is Cn1c(-c2ccnn2-c2ccc(C#N)cc2)c(C(=O)NCC2CCC(Cn3cc[n+](C)c3)CC2)c(=O)n1-c1cccc(C(F)(F)F)c1. The number of imidazole rings is 1. The van der Waals surface area contributed by atoms with Crippen LogP contribution in [0.3, 0.4) is 0 Å². The summed E-state index contributed by atoms with van der Waals surface area (Å²) >= 11 is 0. The van der Waals surface area contributed by atoms with Crippen LogP contribution in [0.5, 0.6) is 0 Å². The van der Waals surface area contributed by atoms with Crippen molar-refractivity contribution < 1.29 is 22.5 Å². The second-order valence-corrected chi connectivity index (χ2v) is 12.1. The van der Waals surface area contributed by atoms with Crippen LogP contribution in [0.1, 0.15) is 47.2 Å². The number of nitrogens with zero attached hydrogens (tertiary/aromatic N) is 7. The van der Waals surface area contributed by atoms with Gasteiger partial charge in [-0.25, -0.2) is 18.5 Å². The van der Waals surface area contributed by atoms with Gasteiger partial charge in [0, 0.05) is 13.6 Å². The number of hydrogen-bond acceptors (Lipinski definition) is 4. The van der Waals surface area contributed by atoms with Crippen molar-refractivity contribution in [3.05, 3.63) is 107 Å². The molecule has 1 aliphatic rings. The van der Waals surface area contributed by atoms with Crippen LogP contribution in [-0.4, -0.2) is 36.2 Å². The third-order valence-electron chi connectivity index (χ3n) is 8.85. The van der Waals surface area contributed by atoms with Gasteiger partial charge >= 0.3 is 6.18 Å². The second-order valence-electron chi connectivity index (χ2n) is 12.1. The summed E-state index contributed by atoms with van der Waals surface area (Å²) in [5.41, 5.74) is -0.325. The van der Waals surface area contributed by atoms with Crippen LogP contribution in [0, 0.1) is 23.2 Å². The van der Waals surface area contributed by atoms with E-state index in [1.165, 1.54) is 34.7 Å². The minimum atomic E-state index is -4.62. The fourth-order valence-electron chi connectivity index (χ4n) is 6.43. The normalized spacial score (nSPS) is 16.6. The minimum absolute atomic E-state index is 0.0355. The van der Waals surface area contributed by atoms with Gasteiger partial charge in [-0.2, -0.15) is 23.5 Å². The summed E-state index contributed by atoms with van der Waals surface area (Å²) in [5.74, 6) is 0.163. The molecule has 0 unspecified atom stereocenters. The summed E-state index contributed by atoms with van der Waals surface area (Å²) in [6.45, 7) is 1.31. The zero-order chi connectivity index (χ0) is 33.3. The van der Waals surface area contributed by atoms with E-state index in [1.807, 2.05) is 17.8 Å². The van der Waals surface area contributed by atoms with E-state index in [9.17, 15) is 28.0 Å². The largest absolute Gasteiger partial charge is 0.416 e. The molecule has 3 heterocycles. The molecule has 1 saturated carbocycles. The van der Waals surface area contributed by atoms with Crippen LogP contribution in [0.25, 0.3) is 22.8 Å². The zero-order valence-electron chi connectivity index (χ0n) is 26.0. The molecule has 1 N–H and O–H groups in total. The molecule has 0 atom stereocenters. The van der Waals surface area contributed by atoms with Gasteiger partial charge in [0.25, 0.3) is 11.5 Å². The van der Waals surface area contributed by atoms with Gasteiger partial charge in [-0.1, -0.05) is 6.07 Å². The van der Waals surface area contributed by atoms with Crippen LogP contribution < -0.4 is 15.4 Å². The first kappa shape index (κ1) is 31.6. The number of carbonyl (C=O) groups excluding carboxylic acids is 1. The Morgan fingerprint density at radius 2 is 1.79 bits per heavy atom. The van der Waals surface area contributed by atoms with E-state index in [4.69, 9.17) is 0 Å². The van der Waals surface area contributed by atoms with Gasteiger partial charge in [0.05, 0.1) is 54.1 Å². The molecule has 0 spiro atoms. The summed E-state index contributed by atoms with van der Waals surface area (Å²) < 4.78 is 49.1. The molecule has 6 rings (SSSR count). The van der Waals surface area contributed by atoms with Crippen molar-refractivity contribution in [2.45, 2.75) is 38.4 Å². The fraction of sp³-hybridized carbons (Fsp3) is 0.324. The molecular weight excluding hydrogens is 609 g/mol. The number of aromatic nitrogens is 6. The maximum atomic E-state index is 14.0. The number of rotatable bonds is 8. The average molecular weight is 644 g/mol. The summed E-state index contributed by atoms with van der Waals surface area (Å²) in [7, 11) is 3.51. The molecule has 47 heavy (non-hydrogen) atoms. The van der Waals surface area contributed by atoms with E-state index in [1.54, 1.807) is 30.3 Å². The van der Waals surface area contributed by atoms with Gasteiger partial charge in [0.2, 0.25) is 6.33 Å². The number of benzene rings is 2. The van der Waals surface area contributed by atoms with Crippen molar-refractivity contribution in [1.82, 2.24) is 29.0 Å². The van der Waals surface area contributed by atoms with Crippen LogP contribution in [0.15, 0.2) is 84.3 Å². The van der Waals surface area contributed by atoms with E-state index in [2.05, 4.69) is 33.6 Å². The Morgan fingerprint density at radius 1 is 1.06 bits per heavy atom. The Kier molecular flexibility index (Phi) is 8.60. The standard InChI is InChI=1S/C34H33F3N8O2/c1-41-16-17-43(22-41)21-25-8-6-24(7-9-25)20-39-32(46)30-31(29-14-15-40-44(29)27-12-10-23(19-38)11-13-27)42(2)45(33(30)47)28-5-3-4-26(18-28)34(35,36)37/h3-5,10-18,22,24-25H,6-9,20-21H2,1-2H3/p+1. The fourth-order valence-corrected chi connectivity index (χ4v) is 6.43. The van der Waals surface area contributed by atoms with Gasteiger partial charge in [-0.3, -0.25) is 14.3 Å². The van der Waals surface area contributed by atoms with E-state index in [0.717, 1.165) is 49.0 Å². The first-order chi connectivity index (χ1) is 22.5. The summed E-state index contributed by atoms with van der Waals surface area (Å²) in [6.07, 6.45) is 6.91. The summed E-state index contributed by atoms with van der Waals surface area (Å²) in [4.78, 5) is 27.9. The second kappa shape index (κ2) is 12.8. The molecule has 2 aromatic carbocycles. The van der Waals surface area contributed by atoms with Gasteiger partial charge in [0.15, 0.2) is 0 Å². The molecule has 0 radical (unpaired) electrons. The van der Waals surface area contributed by atoms with Crippen molar-refractivity contribution in [1.29, 1.82) is 5.26 Å². The number of halogens is 3. The lowest BCUT2D eigenvalue weighted by Crippen LogP contribution is -2.35. The number of hydrogen-bond donors (Lipinski definition) is 1. The lowest BCUT2D eigenvalue weighted by atomic mass is 9.82. The number of amides is 1. The number of aryl methyl sites for hydroxylation is 1. The third kappa shape index (κ3) is 6.49. The number of nitriles is 1. The van der Waals surface area contributed by atoms with Crippen LogP contribution in [0.2, 0.25) is 0 Å². The quantitative estimate of drug-likeness (QED) is 0.246. The molecule has 3 aromatic heterocycles. The molecule has 13 heteroatoms. The summed E-state index contributed by atoms with van der Waals surface area (Å²) in [5, 5.41) is 16.6. The highest BCUT2D eigenvalue weighted by atomic mass is 19.4. The van der Waals surface area contributed by atoms with Gasteiger partial charge in [-0.15, -0.1) is 0 Å². The van der Waals surface area contributed by atoms with Crippen molar-refractivity contribution in [2.24, 2.45) is 25.9 Å². The smallest absolute Gasteiger partial charge is 0.352 e. The topological polar surface area (TPSA) is 106 Å². The van der Waals surface area contributed by atoms with Crippen LogP contribution in [-0.2, 0) is 26.8 Å². The molecular formula is C34H34F3N8O2+. The maximum absolute atomic E-state index is 14.0. The monoisotopic (exact) mass is 643 g/mol. The predicted octanol–water partition coefficient (Wildman–Crippen LogP) is 4.78. The molecule has 1 aliphatic carbocycles. The highest BCUT2D eigenvalue weighted by molar-refractivity contribution is 5.99. The van der Waals surface area contributed by atoms with Crippen LogP contribution in [0.4, 0.5) is 13.2 Å². The van der Waals surface area contributed by atoms with Crippen molar-refractivity contribution in [2.75, 3.05) is 6.54 Å². The molecule has 0 bridgehead atoms. The maximum Gasteiger partial charge on any atom is 0.416 e. The van der Waals surface area contributed by atoms with E-state index >= 15 is 0 Å². The molecule has 1 fully saturated rings. The Balaban J connectivity index is 1.32. The Morgan fingerprint density at radius 3 is 2.45 bits per heavy atom. The third-order valence-corrected chi connectivity index (χ3v) is 8.85. The van der Waals surface area contributed by atoms with Gasteiger partial charge in [0.1, 0.15) is 23.7 Å². The lowest BCUT2D eigenvalue weighted by molar-refractivity contribution is -0.671. The average Bonchev–Trinajstić information content (AvgIpc) is 3.77. The van der Waals surface area contributed by atoms with Crippen LogP contribution >= 0.6 is 0 Å². The highest BCUT2D eigenvalue weighted by Gasteiger charge is 2.33. The Hall–Kier alpha value is -5.38. The first-order valence-electron chi connectivity index (χ1n) is 15.4. The summed E-state index contributed by atoms with van der Waals surface area (Å²) in [6, 6.07) is 14.7. The molecule has 0 saturated heterocycles. The van der Waals surface area contributed by atoms with Crippen molar-refractivity contribution >= 4 is 5.91 Å². The van der Waals surface area contributed by atoms with E-state index in [0.29, 0.717) is 29.4 Å². The Bertz CT molecular complexity index is 2000. The predicted molar refractivity (Wildman–Crippen MR) is 167 cm³/mol.